The Morgan fingerprint density at radius 1 is 0.962 bits per heavy atom. The van der Waals surface area contributed by atoms with E-state index in [0.29, 0.717) is 11.3 Å². The quantitative estimate of drug-likeness (QED) is 0.507. The van der Waals surface area contributed by atoms with Crippen molar-refractivity contribution in [3.05, 3.63) is 75.8 Å². The summed E-state index contributed by atoms with van der Waals surface area (Å²) < 4.78 is 41.3. The summed E-state index contributed by atoms with van der Waals surface area (Å²) in [6, 6.07) is 14.8. The lowest BCUT2D eigenvalue weighted by molar-refractivity contribution is -0.138. The van der Waals surface area contributed by atoms with Crippen molar-refractivity contribution in [2.45, 2.75) is 18.5 Å². The van der Waals surface area contributed by atoms with E-state index in [9.17, 15) is 18.0 Å². The Hall–Kier alpha value is -2.34. The molecule has 0 saturated carbocycles. The number of hydrogen-bond donors (Lipinski definition) is 1. The third kappa shape index (κ3) is 2.78. The molecule has 0 aromatic heterocycles. The van der Waals surface area contributed by atoms with Gasteiger partial charge in [0.15, 0.2) is 0 Å². The van der Waals surface area contributed by atoms with Crippen LogP contribution in [0.25, 0.3) is 10.8 Å². The number of amides is 1. The van der Waals surface area contributed by atoms with Gasteiger partial charge in [0, 0.05) is 22.2 Å². The lowest BCUT2D eigenvalue weighted by Gasteiger charge is -2.29. The lowest BCUT2D eigenvalue weighted by Crippen LogP contribution is -2.25. The van der Waals surface area contributed by atoms with Crippen LogP contribution in [0.1, 0.15) is 29.0 Å². The second-order valence-corrected chi connectivity index (χ2v) is 7.11. The van der Waals surface area contributed by atoms with Gasteiger partial charge in [-0.25, -0.2) is 0 Å². The smallest absolute Gasteiger partial charge is 0.325 e. The van der Waals surface area contributed by atoms with Gasteiger partial charge in [0.05, 0.1) is 11.3 Å². The molecule has 132 valence electrons. The number of halogens is 4. The highest BCUT2D eigenvalue weighted by Crippen LogP contribution is 2.46. The molecule has 0 aliphatic carbocycles. The van der Waals surface area contributed by atoms with Crippen LogP contribution < -0.4 is 5.32 Å². The normalized spacial score (nSPS) is 17.1. The van der Waals surface area contributed by atoms with Gasteiger partial charge in [-0.05, 0) is 28.6 Å². The largest absolute Gasteiger partial charge is 0.416 e. The Balaban J connectivity index is 1.99. The Kier molecular flexibility index (Phi) is 4.03. The number of fused-ring (bicyclic) bond motifs is 3. The van der Waals surface area contributed by atoms with Crippen LogP contribution in [0.15, 0.2) is 59.1 Å². The second kappa shape index (κ2) is 6.13. The van der Waals surface area contributed by atoms with Gasteiger partial charge in [-0.15, -0.1) is 0 Å². The van der Waals surface area contributed by atoms with Gasteiger partial charge in [0.2, 0.25) is 5.91 Å². The van der Waals surface area contributed by atoms with Crippen molar-refractivity contribution in [3.63, 3.8) is 0 Å². The molecule has 6 heteroatoms. The molecule has 0 fully saturated rings. The van der Waals surface area contributed by atoms with E-state index in [4.69, 9.17) is 0 Å². The van der Waals surface area contributed by atoms with E-state index >= 15 is 0 Å². The van der Waals surface area contributed by atoms with Crippen LogP contribution in [0.2, 0.25) is 0 Å². The molecule has 1 aliphatic rings. The van der Waals surface area contributed by atoms with E-state index in [1.807, 2.05) is 30.3 Å². The number of anilines is 1. The predicted octanol–water partition coefficient (Wildman–Crippen LogP) is 6.10. The summed E-state index contributed by atoms with van der Waals surface area (Å²) in [5.41, 5.74) is 0.696. The molecule has 0 saturated heterocycles. The molecule has 0 radical (unpaired) electrons. The fourth-order valence-electron chi connectivity index (χ4n) is 3.59. The maximum Gasteiger partial charge on any atom is 0.416 e. The van der Waals surface area contributed by atoms with Gasteiger partial charge in [-0.3, -0.25) is 4.79 Å². The monoisotopic (exact) mass is 419 g/mol. The van der Waals surface area contributed by atoms with E-state index < -0.39 is 17.7 Å². The summed E-state index contributed by atoms with van der Waals surface area (Å²) in [6.07, 6.45) is -4.50. The molecular weight excluding hydrogens is 407 g/mol. The van der Waals surface area contributed by atoms with E-state index in [1.165, 1.54) is 12.1 Å². The van der Waals surface area contributed by atoms with Crippen molar-refractivity contribution in [1.82, 2.24) is 0 Å². The summed E-state index contributed by atoms with van der Waals surface area (Å²) in [5, 5.41) is 4.55. The highest BCUT2D eigenvalue weighted by atomic mass is 79.9. The minimum atomic E-state index is -4.47. The maximum atomic E-state index is 13.5. The van der Waals surface area contributed by atoms with E-state index in [2.05, 4.69) is 21.2 Å². The van der Waals surface area contributed by atoms with Crippen LogP contribution in [0.3, 0.4) is 0 Å². The Bertz CT molecular complexity index is 1030. The zero-order valence-electron chi connectivity index (χ0n) is 13.4. The third-order valence-corrected chi connectivity index (χ3v) is 5.35. The summed E-state index contributed by atoms with van der Waals surface area (Å²) >= 11 is 3.51. The third-order valence-electron chi connectivity index (χ3n) is 4.70. The first-order valence-corrected chi connectivity index (χ1v) is 8.82. The topological polar surface area (TPSA) is 29.1 Å². The second-order valence-electron chi connectivity index (χ2n) is 6.26. The average Bonchev–Trinajstić information content (AvgIpc) is 2.61. The fourth-order valence-corrected chi connectivity index (χ4v) is 4.18. The van der Waals surface area contributed by atoms with Gasteiger partial charge in [-0.2, -0.15) is 13.2 Å². The van der Waals surface area contributed by atoms with Crippen molar-refractivity contribution < 1.29 is 18.0 Å². The Labute approximate surface area is 156 Å². The van der Waals surface area contributed by atoms with Gasteiger partial charge >= 0.3 is 6.18 Å². The summed E-state index contributed by atoms with van der Waals surface area (Å²) in [5.74, 6) is -0.940. The first kappa shape index (κ1) is 17.1. The molecule has 4 rings (SSSR count). The first-order chi connectivity index (χ1) is 12.4. The van der Waals surface area contributed by atoms with E-state index in [1.54, 1.807) is 6.07 Å². The molecule has 0 unspecified atom stereocenters. The Morgan fingerprint density at radius 2 is 1.62 bits per heavy atom. The van der Waals surface area contributed by atoms with Gasteiger partial charge < -0.3 is 5.32 Å². The van der Waals surface area contributed by atoms with Gasteiger partial charge in [0.25, 0.3) is 0 Å². The molecular formula is C20H13BrF3NO. The van der Waals surface area contributed by atoms with E-state index in [-0.39, 0.29) is 17.9 Å². The van der Waals surface area contributed by atoms with Crippen LogP contribution >= 0.6 is 15.9 Å². The minimum Gasteiger partial charge on any atom is -0.325 e. The molecule has 26 heavy (non-hydrogen) atoms. The van der Waals surface area contributed by atoms with Crippen molar-refractivity contribution in [1.29, 1.82) is 0 Å². The summed E-state index contributed by atoms with van der Waals surface area (Å²) in [7, 11) is 0. The molecule has 1 aliphatic heterocycles. The van der Waals surface area contributed by atoms with Crippen molar-refractivity contribution in [2.75, 3.05) is 5.32 Å². The Morgan fingerprint density at radius 3 is 2.35 bits per heavy atom. The number of carbonyl (C=O) groups excluding carboxylic acids is 1. The predicted molar refractivity (Wildman–Crippen MR) is 98.2 cm³/mol. The zero-order valence-corrected chi connectivity index (χ0v) is 15.0. The molecule has 2 nitrogen and oxygen atoms in total. The van der Waals surface area contributed by atoms with Crippen LogP contribution in [-0.2, 0) is 11.0 Å². The van der Waals surface area contributed by atoms with E-state index in [0.717, 1.165) is 21.3 Å². The average molecular weight is 420 g/mol. The molecule has 1 N–H and O–H groups in total. The van der Waals surface area contributed by atoms with Crippen LogP contribution in [0, 0.1) is 0 Å². The van der Waals surface area contributed by atoms with Crippen LogP contribution in [0.4, 0.5) is 18.9 Å². The SMILES string of the molecule is O=C1C[C@@H](c2ccccc2C(F)(F)F)c2cc(Br)c3ccccc3c2N1. The van der Waals surface area contributed by atoms with Gasteiger partial charge in [0.1, 0.15) is 0 Å². The number of benzene rings is 3. The molecule has 1 atom stereocenters. The van der Waals surface area contributed by atoms with Crippen molar-refractivity contribution >= 4 is 38.3 Å². The molecule has 1 amide bonds. The minimum absolute atomic E-state index is 0.0229. The molecule has 3 aromatic rings. The standard InChI is InChI=1S/C20H13BrF3NO/c21-17-9-15-14(11-5-3-4-8-16(11)20(22,23)24)10-18(26)25-19(15)13-7-2-1-6-12(13)17/h1-9,14H,10H2,(H,25,26)/t14-/m0/s1. The maximum absolute atomic E-state index is 13.5. The zero-order chi connectivity index (χ0) is 18.5. The molecule has 0 bridgehead atoms. The number of carbonyl (C=O) groups is 1. The highest BCUT2D eigenvalue weighted by Gasteiger charge is 2.38. The molecule has 3 aromatic carbocycles. The molecule has 0 spiro atoms. The van der Waals surface area contributed by atoms with Crippen LogP contribution in [0.5, 0.6) is 0 Å². The lowest BCUT2D eigenvalue weighted by atomic mass is 9.81. The molecule has 1 heterocycles. The summed E-state index contributed by atoms with van der Waals surface area (Å²) in [4.78, 5) is 12.3. The van der Waals surface area contributed by atoms with Gasteiger partial charge in [-0.1, -0.05) is 58.4 Å². The van der Waals surface area contributed by atoms with Crippen LogP contribution in [-0.4, -0.2) is 5.91 Å². The number of rotatable bonds is 1. The number of alkyl halides is 3. The first-order valence-electron chi connectivity index (χ1n) is 8.03. The number of hydrogen-bond acceptors (Lipinski definition) is 1. The fraction of sp³-hybridized carbons (Fsp3) is 0.150. The van der Waals surface area contributed by atoms with Crippen molar-refractivity contribution in [2.24, 2.45) is 0 Å². The van der Waals surface area contributed by atoms with Crippen molar-refractivity contribution in [3.8, 4) is 0 Å². The number of nitrogens with one attached hydrogen (secondary N) is 1. The highest BCUT2D eigenvalue weighted by molar-refractivity contribution is 9.10. The summed E-state index contributed by atoms with van der Waals surface area (Å²) in [6.45, 7) is 0.